The molecule has 2 N–H and O–H groups in total. The zero-order valence-electron chi connectivity index (χ0n) is 13.3. The number of hydrogen-bond donors (Lipinski definition) is 2. The van der Waals surface area contributed by atoms with Gasteiger partial charge < -0.3 is 10.6 Å². The predicted octanol–water partition coefficient (Wildman–Crippen LogP) is 1.08. The fourth-order valence-corrected chi connectivity index (χ4v) is 4.50. The Balaban J connectivity index is 1.62. The van der Waals surface area contributed by atoms with Crippen LogP contribution in [0, 0.1) is 0 Å². The van der Waals surface area contributed by atoms with Gasteiger partial charge in [-0.2, -0.15) is 0 Å². The van der Waals surface area contributed by atoms with Crippen molar-refractivity contribution in [3.05, 3.63) is 34.9 Å². The second kappa shape index (κ2) is 8.48. The molecule has 1 aromatic carbocycles. The Hall–Kier alpha value is -1.60. The van der Waals surface area contributed by atoms with Gasteiger partial charge >= 0.3 is 0 Å². The standard InChI is InChI=1S/C16H21ClN2O4S/c17-14-6-2-1-4-12(14)5-3-7-15(20)18-10-16(21)19-13-8-9-24(22,23)11-13/h1-2,4,6,13H,3,5,7-11H2,(H,18,20)(H,19,21). The quantitative estimate of drug-likeness (QED) is 0.749. The molecule has 2 rings (SSSR count). The molecule has 0 bridgehead atoms. The minimum Gasteiger partial charge on any atom is -0.351 e. The second-order valence-corrected chi connectivity index (χ2v) is 8.53. The van der Waals surface area contributed by atoms with Crippen LogP contribution in [0.25, 0.3) is 0 Å². The van der Waals surface area contributed by atoms with Crippen molar-refractivity contribution in [1.82, 2.24) is 10.6 Å². The van der Waals surface area contributed by atoms with Crippen LogP contribution < -0.4 is 10.6 Å². The van der Waals surface area contributed by atoms with Crippen LogP contribution in [0.4, 0.5) is 0 Å². The number of amides is 2. The number of nitrogens with one attached hydrogen (secondary N) is 2. The summed E-state index contributed by atoms with van der Waals surface area (Å²) in [7, 11) is -3.03. The maximum Gasteiger partial charge on any atom is 0.239 e. The van der Waals surface area contributed by atoms with Crippen molar-refractivity contribution in [2.75, 3.05) is 18.1 Å². The van der Waals surface area contributed by atoms with E-state index in [1.54, 1.807) is 0 Å². The normalized spacial score (nSPS) is 19.0. The number of aryl methyl sites for hydroxylation is 1. The SMILES string of the molecule is O=C(CCCc1ccccc1Cl)NCC(=O)NC1CCS(=O)(=O)C1. The molecule has 2 amide bonds. The van der Waals surface area contributed by atoms with E-state index in [0.717, 1.165) is 5.56 Å². The molecule has 1 heterocycles. The summed E-state index contributed by atoms with van der Waals surface area (Å²) in [6.07, 6.45) is 2.06. The van der Waals surface area contributed by atoms with E-state index in [4.69, 9.17) is 11.6 Å². The van der Waals surface area contributed by atoms with Gasteiger partial charge in [-0.1, -0.05) is 29.8 Å². The number of hydrogen-bond acceptors (Lipinski definition) is 4. The van der Waals surface area contributed by atoms with Gasteiger partial charge in [0.25, 0.3) is 0 Å². The molecule has 1 aliphatic heterocycles. The Bertz CT molecular complexity index is 706. The van der Waals surface area contributed by atoms with E-state index in [2.05, 4.69) is 10.6 Å². The first-order valence-electron chi connectivity index (χ1n) is 7.85. The van der Waals surface area contributed by atoms with Crippen molar-refractivity contribution in [2.24, 2.45) is 0 Å². The van der Waals surface area contributed by atoms with Gasteiger partial charge in [0.05, 0.1) is 18.1 Å². The van der Waals surface area contributed by atoms with Crippen LogP contribution in [0.1, 0.15) is 24.8 Å². The smallest absolute Gasteiger partial charge is 0.239 e. The highest BCUT2D eigenvalue weighted by molar-refractivity contribution is 7.91. The van der Waals surface area contributed by atoms with Crippen LogP contribution in [0.3, 0.4) is 0 Å². The molecule has 1 saturated heterocycles. The molecule has 0 saturated carbocycles. The zero-order valence-corrected chi connectivity index (χ0v) is 14.8. The predicted molar refractivity (Wildman–Crippen MR) is 92.6 cm³/mol. The summed E-state index contributed by atoms with van der Waals surface area (Å²) in [6, 6.07) is 7.13. The molecule has 1 unspecified atom stereocenters. The Morgan fingerprint density at radius 1 is 1.21 bits per heavy atom. The molecule has 0 spiro atoms. The van der Waals surface area contributed by atoms with Gasteiger partial charge in [-0.25, -0.2) is 8.42 Å². The molecule has 24 heavy (non-hydrogen) atoms. The van der Waals surface area contributed by atoms with E-state index in [-0.39, 0.29) is 35.9 Å². The lowest BCUT2D eigenvalue weighted by molar-refractivity contribution is -0.126. The fraction of sp³-hybridized carbons (Fsp3) is 0.500. The minimum absolute atomic E-state index is 0.0233. The Morgan fingerprint density at radius 3 is 2.62 bits per heavy atom. The summed E-state index contributed by atoms with van der Waals surface area (Å²) in [4.78, 5) is 23.5. The Morgan fingerprint density at radius 2 is 1.96 bits per heavy atom. The highest BCUT2D eigenvalue weighted by Crippen LogP contribution is 2.17. The maximum atomic E-state index is 11.7. The van der Waals surface area contributed by atoms with Crippen molar-refractivity contribution in [3.63, 3.8) is 0 Å². The molecule has 132 valence electrons. The van der Waals surface area contributed by atoms with Crippen LogP contribution in [0.15, 0.2) is 24.3 Å². The summed E-state index contributed by atoms with van der Waals surface area (Å²) in [6.45, 7) is -0.137. The molecule has 1 aliphatic rings. The highest BCUT2D eigenvalue weighted by atomic mass is 35.5. The summed E-state index contributed by atoms with van der Waals surface area (Å²) in [5, 5.41) is 5.86. The van der Waals surface area contributed by atoms with Gasteiger partial charge in [-0.3, -0.25) is 9.59 Å². The summed E-state index contributed by atoms with van der Waals surface area (Å²) in [5.41, 5.74) is 0.993. The largest absolute Gasteiger partial charge is 0.351 e. The van der Waals surface area contributed by atoms with Gasteiger partial charge in [-0.05, 0) is 30.9 Å². The van der Waals surface area contributed by atoms with Gasteiger partial charge in [0.2, 0.25) is 11.8 Å². The lowest BCUT2D eigenvalue weighted by Crippen LogP contribution is -2.42. The average Bonchev–Trinajstić information content (AvgIpc) is 2.86. The summed E-state index contributed by atoms with van der Waals surface area (Å²) in [5.74, 6) is -0.496. The molecule has 1 atom stereocenters. The van der Waals surface area contributed by atoms with E-state index in [9.17, 15) is 18.0 Å². The maximum absolute atomic E-state index is 11.7. The first kappa shape index (κ1) is 18.7. The molecule has 1 fully saturated rings. The number of carbonyl (C=O) groups excluding carboxylic acids is 2. The van der Waals surface area contributed by atoms with Gasteiger partial charge in [0, 0.05) is 17.5 Å². The lowest BCUT2D eigenvalue weighted by Gasteiger charge is -2.11. The van der Waals surface area contributed by atoms with Crippen LogP contribution in [-0.4, -0.2) is 44.3 Å². The third-order valence-corrected chi connectivity index (χ3v) is 5.99. The van der Waals surface area contributed by atoms with E-state index in [1.165, 1.54) is 0 Å². The molecule has 0 radical (unpaired) electrons. The van der Waals surface area contributed by atoms with E-state index < -0.39 is 9.84 Å². The van der Waals surface area contributed by atoms with E-state index >= 15 is 0 Å². The van der Waals surface area contributed by atoms with Crippen molar-refractivity contribution in [2.45, 2.75) is 31.7 Å². The molecular weight excluding hydrogens is 352 g/mol. The first-order chi connectivity index (χ1) is 11.4. The Labute approximate surface area is 146 Å². The molecule has 1 aromatic rings. The highest BCUT2D eigenvalue weighted by Gasteiger charge is 2.28. The zero-order chi connectivity index (χ0) is 17.6. The van der Waals surface area contributed by atoms with Crippen molar-refractivity contribution in [3.8, 4) is 0 Å². The molecular formula is C16H21ClN2O4S. The summed E-state index contributed by atoms with van der Waals surface area (Å²) >= 11 is 6.05. The van der Waals surface area contributed by atoms with Crippen LogP contribution in [-0.2, 0) is 25.8 Å². The topological polar surface area (TPSA) is 92.3 Å². The number of carbonyl (C=O) groups is 2. The Kier molecular flexibility index (Phi) is 6.62. The number of rotatable bonds is 7. The number of halogens is 1. The van der Waals surface area contributed by atoms with Crippen molar-refractivity contribution < 1.29 is 18.0 Å². The number of sulfone groups is 1. The van der Waals surface area contributed by atoms with E-state index in [0.29, 0.717) is 30.7 Å². The molecule has 6 nitrogen and oxygen atoms in total. The van der Waals surface area contributed by atoms with Crippen LogP contribution in [0.5, 0.6) is 0 Å². The molecule has 0 aliphatic carbocycles. The van der Waals surface area contributed by atoms with Crippen LogP contribution in [0.2, 0.25) is 5.02 Å². The summed E-state index contributed by atoms with van der Waals surface area (Å²) < 4.78 is 22.6. The third kappa shape index (κ3) is 6.13. The fourth-order valence-electron chi connectivity index (χ4n) is 2.60. The lowest BCUT2D eigenvalue weighted by atomic mass is 10.1. The van der Waals surface area contributed by atoms with Crippen LogP contribution >= 0.6 is 11.6 Å². The average molecular weight is 373 g/mol. The van der Waals surface area contributed by atoms with Gasteiger partial charge in [0.1, 0.15) is 0 Å². The van der Waals surface area contributed by atoms with Gasteiger partial charge in [-0.15, -0.1) is 0 Å². The molecule has 8 heteroatoms. The monoisotopic (exact) mass is 372 g/mol. The van der Waals surface area contributed by atoms with Crippen molar-refractivity contribution in [1.29, 1.82) is 0 Å². The third-order valence-electron chi connectivity index (χ3n) is 3.85. The van der Waals surface area contributed by atoms with E-state index in [1.807, 2.05) is 24.3 Å². The molecule has 0 aromatic heterocycles. The van der Waals surface area contributed by atoms with Gasteiger partial charge in [0.15, 0.2) is 9.84 Å². The minimum atomic E-state index is -3.03. The second-order valence-electron chi connectivity index (χ2n) is 5.89. The first-order valence-corrected chi connectivity index (χ1v) is 10.1. The van der Waals surface area contributed by atoms with Crippen molar-refractivity contribution >= 4 is 33.3 Å². The number of benzene rings is 1.